The maximum Gasteiger partial charge on any atom is 0.341 e. The Labute approximate surface area is 162 Å². The zero-order chi connectivity index (χ0) is 19.6. The monoisotopic (exact) mass is 404 g/mol. The van der Waals surface area contributed by atoms with E-state index in [1.54, 1.807) is 19.1 Å². The lowest BCUT2D eigenvalue weighted by Gasteiger charge is -2.07. The molecule has 3 aromatic rings. The number of nitrogens with zero attached hydrogens (tertiary/aromatic N) is 1. The normalized spacial score (nSPS) is 10.6. The minimum Gasteiger partial charge on any atom is -0.462 e. The van der Waals surface area contributed by atoms with Gasteiger partial charge < -0.3 is 10.1 Å². The number of nitro groups is 1. The molecule has 0 fully saturated rings. The number of carbonyl (C=O) groups is 2. The quantitative estimate of drug-likeness (QED) is 0.370. The van der Waals surface area contributed by atoms with E-state index in [0.29, 0.717) is 10.4 Å². The van der Waals surface area contributed by atoms with Crippen molar-refractivity contribution in [2.45, 2.75) is 6.92 Å². The van der Waals surface area contributed by atoms with Gasteiger partial charge in [-0.05, 0) is 25.1 Å². The Morgan fingerprint density at radius 1 is 1.26 bits per heavy atom. The molecule has 0 radical (unpaired) electrons. The van der Waals surface area contributed by atoms with Crippen molar-refractivity contribution >= 4 is 55.6 Å². The molecule has 0 saturated carbocycles. The summed E-state index contributed by atoms with van der Waals surface area (Å²) in [6.45, 7) is 1.90. The van der Waals surface area contributed by atoms with Crippen LogP contribution in [0.2, 0.25) is 5.02 Å². The van der Waals surface area contributed by atoms with E-state index in [2.05, 4.69) is 5.32 Å². The van der Waals surface area contributed by atoms with Crippen molar-refractivity contribution in [1.82, 2.24) is 0 Å². The average Bonchev–Trinajstić information content (AvgIpc) is 2.99. The Hall–Kier alpha value is -2.97. The van der Waals surface area contributed by atoms with Crippen molar-refractivity contribution in [3.05, 3.63) is 68.7 Å². The molecule has 0 saturated heterocycles. The minimum absolute atomic E-state index is 0.137. The van der Waals surface area contributed by atoms with Gasteiger partial charge in [0.05, 0.1) is 11.5 Å². The first kappa shape index (κ1) is 18.8. The summed E-state index contributed by atoms with van der Waals surface area (Å²) in [7, 11) is 0. The van der Waals surface area contributed by atoms with Gasteiger partial charge in [-0.3, -0.25) is 14.9 Å². The van der Waals surface area contributed by atoms with E-state index in [0.717, 1.165) is 10.8 Å². The molecular formula is C18H13ClN2O5S. The van der Waals surface area contributed by atoms with Crippen LogP contribution in [0.5, 0.6) is 0 Å². The van der Waals surface area contributed by atoms with Crippen LogP contribution in [0.3, 0.4) is 0 Å². The van der Waals surface area contributed by atoms with E-state index in [9.17, 15) is 19.7 Å². The van der Waals surface area contributed by atoms with Gasteiger partial charge in [-0.15, -0.1) is 11.3 Å². The molecule has 0 unspecified atom stereocenters. The van der Waals surface area contributed by atoms with E-state index in [1.807, 2.05) is 12.1 Å². The van der Waals surface area contributed by atoms with Crippen LogP contribution in [-0.4, -0.2) is 23.4 Å². The second kappa shape index (κ2) is 7.73. The van der Waals surface area contributed by atoms with Crippen LogP contribution in [0.4, 0.5) is 10.7 Å². The largest absolute Gasteiger partial charge is 0.462 e. The Morgan fingerprint density at radius 2 is 2.00 bits per heavy atom. The molecule has 0 aliphatic heterocycles. The number of benzene rings is 2. The molecular weight excluding hydrogens is 392 g/mol. The Morgan fingerprint density at radius 3 is 2.67 bits per heavy atom. The van der Waals surface area contributed by atoms with Crippen LogP contribution >= 0.6 is 22.9 Å². The van der Waals surface area contributed by atoms with Crippen LogP contribution in [0, 0.1) is 10.1 Å². The van der Waals surface area contributed by atoms with Crippen LogP contribution in [-0.2, 0) is 4.74 Å². The predicted octanol–water partition coefficient (Wildman–Crippen LogP) is 4.89. The number of halogens is 1. The molecule has 138 valence electrons. The van der Waals surface area contributed by atoms with Crippen LogP contribution < -0.4 is 5.32 Å². The molecule has 7 nitrogen and oxygen atoms in total. The summed E-state index contributed by atoms with van der Waals surface area (Å²) < 4.78 is 5.92. The number of ether oxygens (including phenoxy) is 1. The van der Waals surface area contributed by atoms with Crippen molar-refractivity contribution in [3.8, 4) is 0 Å². The number of carbonyl (C=O) groups excluding carboxylic acids is 2. The number of anilines is 1. The van der Waals surface area contributed by atoms with Crippen molar-refractivity contribution < 1.29 is 19.2 Å². The molecule has 1 heterocycles. The van der Waals surface area contributed by atoms with Crippen molar-refractivity contribution in [3.63, 3.8) is 0 Å². The van der Waals surface area contributed by atoms with Gasteiger partial charge in [-0.2, -0.15) is 0 Å². The smallest absolute Gasteiger partial charge is 0.341 e. The Kier molecular flexibility index (Phi) is 5.38. The summed E-state index contributed by atoms with van der Waals surface area (Å²) in [5, 5.41) is 14.4. The summed E-state index contributed by atoms with van der Waals surface area (Å²) >= 11 is 7.10. The number of hydrogen-bond acceptors (Lipinski definition) is 6. The summed E-state index contributed by atoms with van der Waals surface area (Å²) in [6, 6.07) is 10.9. The Balaban J connectivity index is 1.97. The molecule has 0 spiro atoms. The molecule has 0 bridgehead atoms. The topological polar surface area (TPSA) is 98.5 Å². The van der Waals surface area contributed by atoms with E-state index in [4.69, 9.17) is 16.3 Å². The average molecular weight is 405 g/mol. The first-order chi connectivity index (χ1) is 12.9. The summed E-state index contributed by atoms with van der Waals surface area (Å²) in [6.07, 6.45) is 0. The number of nitrogens with one attached hydrogen (secondary N) is 1. The number of rotatable bonds is 5. The highest BCUT2D eigenvalue weighted by molar-refractivity contribution is 7.23. The van der Waals surface area contributed by atoms with Crippen LogP contribution in [0.15, 0.2) is 42.5 Å². The van der Waals surface area contributed by atoms with Gasteiger partial charge in [0.25, 0.3) is 11.6 Å². The van der Waals surface area contributed by atoms with E-state index < -0.39 is 16.8 Å². The van der Waals surface area contributed by atoms with Crippen molar-refractivity contribution in [2.24, 2.45) is 0 Å². The van der Waals surface area contributed by atoms with Crippen LogP contribution in [0.25, 0.3) is 10.1 Å². The summed E-state index contributed by atoms with van der Waals surface area (Å²) in [4.78, 5) is 35.2. The van der Waals surface area contributed by atoms with Gasteiger partial charge in [-0.1, -0.05) is 29.8 Å². The molecule has 1 amide bonds. The molecule has 1 aromatic heterocycles. The van der Waals surface area contributed by atoms with E-state index >= 15 is 0 Å². The maximum absolute atomic E-state index is 12.6. The van der Waals surface area contributed by atoms with Crippen molar-refractivity contribution in [2.75, 3.05) is 11.9 Å². The third-order valence-corrected chi connectivity index (χ3v) is 5.10. The second-order valence-electron chi connectivity index (χ2n) is 5.40. The second-order valence-corrected chi connectivity index (χ2v) is 6.86. The molecule has 9 heteroatoms. The maximum atomic E-state index is 12.6. The van der Waals surface area contributed by atoms with Gasteiger partial charge in [0.15, 0.2) is 0 Å². The fraction of sp³-hybridized carbons (Fsp3) is 0.111. The van der Waals surface area contributed by atoms with Crippen LogP contribution in [0.1, 0.15) is 27.6 Å². The molecule has 0 atom stereocenters. The SMILES string of the molecule is CCOC(=O)c1c(NC(=O)c2ccc([N+](=O)[O-])c(Cl)c2)sc2ccccc12. The highest BCUT2D eigenvalue weighted by atomic mass is 35.5. The lowest BCUT2D eigenvalue weighted by Crippen LogP contribution is -2.14. The number of esters is 1. The third kappa shape index (κ3) is 3.76. The highest BCUT2D eigenvalue weighted by Crippen LogP contribution is 2.36. The van der Waals surface area contributed by atoms with Gasteiger partial charge in [0.2, 0.25) is 0 Å². The molecule has 1 N–H and O–H groups in total. The lowest BCUT2D eigenvalue weighted by molar-refractivity contribution is -0.384. The fourth-order valence-corrected chi connectivity index (χ4v) is 3.85. The first-order valence-electron chi connectivity index (χ1n) is 7.86. The Bertz CT molecular complexity index is 1060. The highest BCUT2D eigenvalue weighted by Gasteiger charge is 2.22. The molecule has 2 aromatic carbocycles. The summed E-state index contributed by atoms with van der Waals surface area (Å²) in [5.74, 6) is -1.07. The van der Waals surface area contributed by atoms with E-state index in [1.165, 1.54) is 23.5 Å². The molecule has 0 aliphatic rings. The number of hydrogen-bond donors (Lipinski definition) is 1. The number of fused-ring (bicyclic) bond motifs is 1. The third-order valence-electron chi connectivity index (χ3n) is 3.71. The lowest BCUT2D eigenvalue weighted by atomic mass is 10.1. The van der Waals surface area contributed by atoms with Crippen molar-refractivity contribution in [1.29, 1.82) is 0 Å². The standard InChI is InChI=1S/C18H13ClN2O5S/c1-2-26-18(23)15-11-5-3-4-6-14(11)27-17(15)20-16(22)10-7-8-13(21(24)25)12(19)9-10/h3-9H,2H2,1H3,(H,20,22). The zero-order valence-electron chi connectivity index (χ0n) is 14.0. The molecule has 3 rings (SSSR count). The van der Waals surface area contributed by atoms with Gasteiger partial charge >= 0.3 is 5.97 Å². The van der Waals surface area contributed by atoms with Gasteiger partial charge in [0, 0.05) is 21.7 Å². The number of thiophene rings is 1. The van der Waals surface area contributed by atoms with Gasteiger partial charge in [0.1, 0.15) is 15.6 Å². The zero-order valence-corrected chi connectivity index (χ0v) is 15.6. The number of nitro benzene ring substituents is 1. The molecule has 27 heavy (non-hydrogen) atoms. The summed E-state index contributed by atoms with van der Waals surface area (Å²) in [5.41, 5.74) is 0.124. The fourth-order valence-electron chi connectivity index (χ4n) is 2.51. The minimum atomic E-state index is -0.630. The van der Waals surface area contributed by atoms with E-state index in [-0.39, 0.29) is 28.4 Å². The predicted molar refractivity (Wildman–Crippen MR) is 104 cm³/mol. The first-order valence-corrected chi connectivity index (χ1v) is 9.05. The molecule has 0 aliphatic carbocycles. The number of amides is 1. The van der Waals surface area contributed by atoms with Gasteiger partial charge in [-0.25, -0.2) is 4.79 Å².